The average molecular weight is 465 g/mol. The highest BCUT2D eigenvalue weighted by atomic mass is 16.2. The van der Waals surface area contributed by atoms with Crippen molar-refractivity contribution in [1.29, 1.82) is 0 Å². The summed E-state index contributed by atoms with van der Waals surface area (Å²) in [5.41, 5.74) is 8.30. The van der Waals surface area contributed by atoms with Crippen molar-refractivity contribution in [3.63, 3.8) is 0 Å². The maximum absolute atomic E-state index is 13.2. The molecule has 174 valence electrons. The predicted octanol–water partition coefficient (Wildman–Crippen LogP) is 4.32. The van der Waals surface area contributed by atoms with Crippen molar-refractivity contribution in [2.75, 3.05) is 0 Å². The number of benzene rings is 1. The molecule has 35 heavy (non-hydrogen) atoms. The van der Waals surface area contributed by atoms with Crippen molar-refractivity contribution in [2.24, 2.45) is 5.10 Å². The highest BCUT2D eigenvalue weighted by Crippen LogP contribution is 2.24. The average Bonchev–Trinajstić information content (AvgIpc) is 3.35. The van der Waals surface area contributed by atoms with Crippen molar-refractivity contribution in [3.8, 4) is 0 Å². The van der Waals surface area contributed by atoms with Gasteiger partial charge in [-0.15, -0.1) is 0 Å². The van der Waals surface area contributed by atoms with Crippen molar-refractivity contribution in [1.82, 2.24) is 24.4 Å². The smallest absolute Gasteiger partial charge is 0.271 e. The molecule has 0 radical (unpaired) electrons. The van der Waals surface area contributed by atoms with E-state index in [2.05, 4.69) is 32.0 Å². The Hall–Kier alpha value is -4.59. The maximum atomic E-state index is 13.2. The molecule has 0 atom stereocenters. The minimum absolute atomic E-state index is 0.107. The fourth-order valence-corrected chi connectivity index (χ4v) is 4.45. The van der Waals surface area contributed by atoms with Crippen LogP contribution in [0.5, 0.6) is 0 Å². The van der Waals surface area contributed by atoms with Crippen LogP contribution in [0.3, 0.4) is 0 Å². The van der Waals surface area contributed by atoms with Crippen molar-refractivity contribution in [3.05, 3.63) is 101 Å². The molecule has 1 amide bonds. The molecule has 0 aliphatic rings. The highest BCUT2D eigenvalue weighted by molar-refractivity contribution is 6.12. The zero-order valence-electron chi connectivity index (χ0n) is 19.7. The van der Waals surface area contributed by atoms with Crippen LogP contribution in [0.25, 0.3) is 16.6 Å². The lowest BCUT2D eigenvalue weighted by atomic mass is 10.1. The zero-order chi connectivity index (χ0) is 24.5. The van der Waals surface area contributed by atoms with Gasteiger partial charge in [0.25, 0.3) is 5.91 Å². The van der Waals surface area contributed by atoms with Crippen LogP contribution in [0.4, 0.5) is 0 Å². The van der Waals surface area contributed by atoms with E-state index < -0.39 is 0 Å². The topological polar surface area (TPSA) is 93.6 Å². The van der Waals surface area contributed by atoms with E-state index in [0.717, 1.165) is 40.0 Å². The van der Waals surface area contributed by atoms with Gasteiger partial charge in [0.15, 0.2) is 0 Å². The Kier molecular flexibility index (Phi) is 5.70. The fraction of sp³-hybridized carbons (Fsp3) is 0.148. The lowest BCUT2D eigenvalue weighted by Gasteiger charge is -2.03. The third-order valence-corrected chi connectivity index (χ3v) is 6.17. The van der Waals surface area contributed by atoms with Crippen molar-refractivity contribution >= 4 is 34.5 Å². The number of amides is 1. The van der Waals surface area contributed by atoms with Crippen molar-refractivity contribution in [2.45, 2.75) is 27.3 Å². The number of rotatable bonds is 6. The van der Waals surface area contributed by atoms with E-state index in [4.69, 9.17) is 0 Å². The van der Waals surface area contributed by atoms with Gasteiger partial charge in [-0.3, -0.25) is 14.6 Å². The number of hydrazone groups is 1. The molecule has 1 N–H and O–H groups in total. The quantitative estimate of drug-likeness (QED) is 0.230. The Morgan fingerprint density at radius 3 is 2.60 bits per heavy atom. The second-order valence-corrected chi connectivity index (χ2v) is 8.21. The molecular formula is C27H24N6O2. The second-order valence-electron chi connectivity index (χ2n) is 8.21. The number of pyridine rings is 2. The van der Waals surface area contributed by atoms with Crippen LogP contribution in [0.15, 0.2) is 72.2 Å². The van der Waals surface area contributed by atoms with Crippen molar-refractivity contribution < 1.29 is 9.59 Å². The normalized spacial score (nSPS) is 11.5. The number of carbonyl (C=O) groups is 2. The van der Waals surface area contributed by atoms with Gasteiger partial charge < -0.3 is 8.97 Å². The van der Waals surface area contributed by atoms with Gasteiger partial charge in [0.2, 0.25) is 5.78 Å². The molecule has 0 saturated heterocycles. The van der Waals surface area contributed by atoms with E-state index in [0.29, 0.717) is 16.8 Å². The van der Waals surface area contributed by atoms with E-state index >= 15 is 0 Å². The van der Waals surface area contributed by atoms with E-state index in [1.54, 1.807) is 42.9 Å². The summed E-state index contributed by atoms with van der Waals surface area (Å²) in [6.45, 7) is 6.71. The molecule has 0 unspecified atom stereocenters. The Labute approximate surface area is 201 Å². The summed E-state index contributed by atoms with van der Waals surface area (Å²) in [5.74, 6) is 0.470. The number of ketones is 1. The third-order valence-electron chi connectivity index (χ3n) is 6.17. The third kappa shape index (κ3) is 3.89. The predicted molar refractivity (Wildman–Crippen MR) is 135 cm³/mol. The van der Waals surface area contributed by atoms with Gasteiger partial charge in [0, 0.05) is 41.8 Å². The first-order chi connectivity index (χ1) is 17.0. The van der Waals surface area contributed by atoms with Gasteiger partial charge >= 0.3 is 0 Å². The number of fused-ring (bicyclic) bond motifs is 2. The summed E-state index contributed by atoms with van der Waals surface area (Å²) in [6, 6.07) is 14.5. The Morgan fingerprint density at radius 2 is 1.83 bits per heavy atom. The van der Waals surface area contributed by atoms with Gasteiger partial charge in [-0.2, -0.15) is 5.10 Å². The van der Waals surface area contributed by atoms with Gasteiger partial charge in [-0.1, -0.05) is 6.07 Å². The molecule has 0 aliphatic heterocycles. The SMILES string of the molecule is CCn1c(C)nc2cc(C(=O)N/N=C/c3c(C)c(C(=O)c4ccncc4)n4ccccc34)ccc21. The van der Waals surface area contributed by atoms with Gasteiger partial charge in [0.1, 0.15) is 5.82 Å². The molecule has 5 aromatic rings. The summed E-state index contributed by atoms with van der Waals surface area (Å²) in [4.78, 5) is 34.6. The number of aryl methyl sites for hydroxylation is 2. The molecule has 0 fully saturated rings. The van der Waals surface area contributed by atoms with Crippen LogP contribution in [0, 0.1) is 13.8 Å². The maximum Gasteiger partial charge on any atom is 0.271 e. The first-order valence-electron chi connectivity index (χ1n) is 11.3. The van der Waals surface area contributed by atoms with E-state index in [9.17, 15) is 9.59 Å². The Balaban J connectivity index is 1.44. The Morgan fingerprint density at radius 1 is 1.03 bits per heavy atom. The molecule has 0 spiro atoms. The van der Waals surface area contributed by atoms with E-state index in [1.807, 2.05) is 48.7 Å². The standard InChI is InChI=1S/C27H24N6O2/c1-4-32-18(3)30-22-15-20(8-9-24(22)32)27(35)31-29-16-21-17(2)25(33-14-6-5-7-23(21)33)26(34)19-10-12-28-13-11-19/h5-16H,4H2,1-3H3,(H,31,35)/b29-16+. The fourth-order valence-electron chi connectivity index (χ4n) is 4.45. The molecule has 5 rings (SSSR count). The monoisotopic (exact) mass is 464 g/mol. The number of nitrogens with zero attached hydrogens (tertiary/aromatic N) is 5. The number of carbonyl (C=O) groups excluding carboxylic acids is 2. The minimum atomic E-state index is -0.332. The summed E-state index contributed by atoms with van der Waals surface area (Å²) in [6.07, 6.45) is 6.63. The molecular weight excluding hydrogens is 440 g/mol. The molecule has 1 aromatic carbocycles. The second kappa shape index (κ2) is 8.98. The van der Waals surface area contributed by atoms with Gasteiger partial charge in [0.05, 0.1) is 28.5 Å². The van der Waals surface area contributed by atoms with Crippen LogP contribution in [0.2, 0.25) is 0 Å². The zero-order valence-corrected chi connectivity index (χ0v) is 19.7. The number of hydrogen-bond donors (Lipinski definition) is 1. The summed E-state index contributed by atoms with van der Waals surface area (Å²) in [7, 11) is 0. The molecule has 8 heteroatoms. The largest absolute Gasteiger partial charge is 0.329 e. The lowest BCUT2D eigenvalue weighted by Crippen LogP contribution is -2.17. The summed E-state index contributed by atoms with van der Waals surface area (Å²) < 4.78 is 3.95. The van der Waals surface area contributed by atoms with Gasteiger partial charge in [-0.25, -0.2) is 10.4 Å². The van der Waals surface area contributed by atoms with Crippen LogP contribution in [-0.4, -0.2) is 36.8 Å². The number of aromatic nitrogens is 4. The summed E-state index contributed by atoms with van der Waals surface area (Å²) >= 11 is 0. The highest BCUT2D eigenvalue weighted by Gasteiger charge is 2.21. The molecule has 8 nitrogen and oxygen atoms in total. The molecule has 0 bridgehead atoms. The lowest BCUT2D eigenvalue weighted by molar-refractivity contribution is 0.0954. The van der Waals surface area contributed by atoms with E-state index in [1.165, 1.54) is 0 Å². The minimum Gasteiger partial charge on any atom is -0.329 e. The first kappa shape index (κ1) is 22.2. The van der Waals surface area contributed by atoms with Crippen LogP contribution in [0.1, 0.15) is 50.3 Å². The van der Waals surface area contributed by atoms with E-state index in [-0.39, 0.29) is 11.7 Å². The molecule has 4 heterocycles. The Bertz CT molecular complexity index is 1610. The molecule has 4 aromatic heterocycles. The number of hydrogen-bond acceptors (Lipinski definition) is 5. The molecule has 0 saturated carbocycles. The van der Waals surface area contributed by atoms with Crippen LogP contribution >= 0.6 is 0 Å². The molecule has 0 aliphatic carbocycles. The number of nitrogens with one attached hydrogen (secondary N) is 1. The van der Waals surface area contributed by atoms with Crippen LogP contribution in [-0.2, 0) is 6.54 Å². The first-order valence-corrected chi connectivity index (χ1v) is 11.3. The summed E-state index contributed by atoms with van der Waals surface area (Å²) in [5, 5.41) is 4.21. The van der Waals surface area contributed by atoms with Crippen LogP contribution < -0.4 is 5.43 Å². The van der Waals surface area contributed by atoms with Gasteiger partial charge in [-0.05, 0) is 68.8 Å². The number of imidazole rings is 1.